The largest absolute Gasteiger partial charge is 0.352 e. The second-order valence-corrected chi connectivity index (χ2v) is 6.01. The minimum absolute atomic E-state index is 0.0393. The highest BCUT2D eigenvalue weighted by atomic mass is 35.5. The molecule has 1 fully saturated rings. The number of nitrogens with zero attached hydrogens (tertiary/aromatic N) is 1. The van der Waals surface area contributed by atoms with Crippen LogP contribution in [0, 0.1) is 19.8 Å². The van der Waals surface area contributed by atoms with Crippen LogP contribution in [0.2, 0.25) is 5.02 Å². The first-order valence-electron chi connectivity index (χ1n) is 7.10. The van der Waals surface area contributed by atoms with E-state index in [1.54, 1.807) is 0 Å². The summed E-state index contributed by atoms with van der Waals surface area (Å²) in [5, 5.41) is 10.8. The number of hydrogen-bond donors (Lipinski definition) is 2. The molecule has 1 aliphatic carbocycles. The van der Waals surface area contributed by atoms with Crippen LogP contribution in [0.3, 0.4) is 0 Å². The lowest BCUT2D eigenvalue weighted by molar-refractivity contribution is -0.122. The van der Waals surface area contributed by atoms with E-state index in [1.807, 2.05) is 38.1 Å². The van der Waals surface area contributed by atoms with E-state index in [-0.39, 0.29) is 17.7 Å². The van der Waals surface area contributed by atoms with Crippen molar-refractivity contribution in [1.29, 1.82) is 0 Å². The van der Waals surface area contributed by atoms with Gasteiger partial charge >= 0.3 is 0 Å². The molecule has 2 N–H and O–H groups in total. The van der Waals surface area contributed by atoms with Gasteiger partial charge in [0.15, 0.2) is 0 Å². The number of carbonyl (C=O) groups is 1. The Bertz CT molecular complexity index is 660. The smallest absolute Gasteiger partial charge is 0.224 e. The van der Waals surface area contributed by atoms with Crippen molar-refractivity contribution in [1.82, 2.24) is 15.5 Å². The average Bonchev–Trinajstić information content (AvgIpc) is 3.19. The van der Waals surface area contributed by atoms with Crippen molar-refractivity contribution in [3.8, 4) is 0 Å². The number of aryl methyl sites for hydroxylation is 2. The number of nitrogens with one attached hydrogen (secondary N) is 2. The van der Waals surface area contributed by atoms with Gasteiger partial charge in [-0.2, -0.15) is 5.10 Å². The number of rotatable bonds is 4. The normalized spacial score (nSPS) is 20.3. The van der Waals surface area contributed by atoms with Gasteiger partial charge in [0.25, 0.3) is 0 Å². The molecule has 0 radical (unpaired) electrons. The van der Waals surface area contributed by atoms with Crippen molar-refractivity contribution in [3.05, 3.63) is 51.8 Å². The van der Waals surface area contributed by atoms with Gasteiger partial charge in [0.2, 0.25) is 5.91 Å². The molecule has 1 aliphatic rings. The van der Waals surface area contributed by atoms with Crippen LogP contribution >= 0.6 is 11.6 Å². The van der Waals surface area contributed by atoms with Crippen molar-refractivity contribution < 1.29 is 4.79 Å². The predicted octanol–water partition coefficient (Wildman–Crippen LogP) is 3.10. The van der Waals surface area contributed by atoms with E-state index in [1.165, 1.54) is 0 Å². The second-order valence-electron chi connectivity index (χ2n) is 5.60. The first kappa shape index (κ1) is 14.1. The van der Waals surface area contributed by atoms with Crippen LogP contribution in [0.1, 0.15) is 34.9 Å². The molecule has 2 atom stereocenters. The first-order valence-corrected chi connectivity index (χ1v) is 7.48. The molecule has 0 saturated heterocycles. The lowest BCUT2D eigenvalue weighted by atomic mass is 10.1. The molecule has 4 nitrogen and oxygen atoms in total. The Balaban J connectivity index is 1.60. The number of benzene rings is 1. The van der Waals surface area contributed by atoms with Crippen LogP contribution < -0.4 is 5.32 Å². The Kier molecular flexibility index (Phi) is 3.72. The van der Waals surface area contributed by atoms with Crippen LogP contribution in [0.5, 0.6) is 0 Å². The van der Waals surface area contributed by atoms with E-state index in [0.29, 0.717) is 6.54 Å². The lowest BCUT2D eigenvalue weighted by Gasteiger charge is -2.06. The molecule has 1 amide bonds. The zero-order chi connectivity index (χ0) is 15.0. The fourth-order valence-corrected chi connectivity index (χ4v) is 3.02. The topological polar surface area (TPSA) is 57.8 Å². The summed E-state index contributed by atoms with van der Waals surface area (Å²) in [5.74, 6) is 0.391. The number of carbonyl (C=O) groups excluding carboxylic acids is 1. The summed E-state index contributed by atoms with van der Waals surface area (Å²) < 4.78 is 0. The number of hydrogen-bond acceptors (Lipinski definition) is 2. The monoisotopic (exact) mass is 303 g/mol. The van der Waals surface area contributed by atoms with Gasteiger partial charge in [0, 0.05) is 28.7 Å². The minimum Gasteiger partial charge on any atom is -0.352 e. The molecule has 1 saturated carbocycles. The van der Waals surface area contributed by atoms with E-state index in [9.17, 15) is 4.79 Å². The standard InChI is InChI=1S/C16H18ClN3O/c1-9-14(10(2)20-19-9)8-18-16(21)13-7-12(13)11-5-3-4-6-15(11)17/h3-6,12-13H,7-8H2,1-2H3,(H,18,21)(H,19,20)/t12-,13-/m0/s1. The quantitative estimate of drug-likeness (QED) is 0.912. The number of aromatic amines is 1. The van der Waals surface area contributed by atoms with Gasteiger partial charge in [-0.3, -0.25) is 9.89 Å². The molecule has 0 bridgehead atoms. The van der Waals surface area contributed by atoms with Crippen LogP contribution in [0.25, 0.3) is 0 Å². The van der Waals surface area contributed by atoms with Crippen LogP contribution in [-0.2, 0) is 11.3 Å². The Labute approximate surface area is 128 Å². The van der Waals surface area contributed by atoms with Gasteiger partial charge in [-0.25, -0.2) is 0 Å². The van der Waals surface area contributed by atoms with Crippen molar-refractivity contribution in [3.63, 3.8) is 0 Å². The molecule has 3 rings (SSSR count). The summed E-state index contributed by atoms with van der Waals surface area (Å²) in [5.41, 5.74) is 4.09. The first-order chi connectivity index (χ1) is 10.1. The van der Waals surface area contributed by atoms with Crippen molar-refractivity contribution in [2.75, 3.05) is 0 Å². The highest BCUT2D eigenvalue weighted by Gasteiger charge is 2.44. The third-order valence-corrected chi connectivity index (χ3v) is 4.50. The van der Waals surface area contributed by atoms with Crippen molar-refractivity contribution in [2.24, 2.45) is 5.92 Å². The third kappa shape index (κ3) is 2.81. The van der Waals surface area contributed by atoms with Gasteiger partial charge in [0.05, 0.1) is 5.69 Å². The molecule has 1 aromatic carbocycles. The fourth-order valence-electron chi connectivity index (χ4n) is 2.75. The molecular formula is C16H18ClN3O. The number of amides is 1. The highest BCUT2D eigenvalue weighted by Crippen LogP contribution is 2.49. The molecule has 0 spiro atoms. The zero-order valence-electron chi connectivity index (χ0n) is 12.1. The molecular weight excluding hydrogens is 286 g/mol. The summed E-state index contributed by atoms with van der Waals surface area (Å²) in [6, 6.07) is 7.76. The van der Waals surface area contributed by atoms with Gasteiger partial charge in [-0.1, -0.05) is 29.8 Å². The maximum atomic E-state index is 12.2. The fraction of sp³-hybridized carbons (Fsp3) is 0.375. The second kappa shape index (κ2) is 5.53. The van der Waals surface area contributed by atoms with E-state index in [2.05, 4.69) is 15.5 Å². The maximum Gasteiger partial charge on any atom is 0.224 e. The molecule has 110 valence electrons. The molecule has 1 aromatic heterocycles. The molecule has 1 heterocycles. The Hall–Kier alpha value is -1.81. The Morgan fingerprint density at radius 1 is 1.43 bits per heavy atom. The molecule has 0 unspecified atom stereocenters. The minimum atomic E-state index is 0.0393. The zero-order valence-corrected chi connectivity index (χ0v) is 12.9. The molecule has 0 aliphatic heterocycles. The highest BCUT2D eigenvalue weighted by molar-refractivity contribution is 6.31. The van der Waals surface area contributed by atoms with Crippen LogP contribution in [0.4, 0.5) is 0 Å². The Morgan fingerprint density at radius 2 is 2.19 bits per heavy atom. The summed E-state index contributed by atoms with van der Waals surface area (Å²) >= 11 is 6.18. The summed E-state index contributed by atoms with van der Waals surface area (Å²) in [6.07, 6.45) is 0.874. The van der Waals surface area contributed by atoms with Crippen molar-refractivity contribution >= 4 is 17.5 Å². The summed E-state index contributed by atoms with van der Waals surface area (Å²) in [4.78, 5) is 12.2. The Morgan fingerprint density at radius 3 is 2.86 bits per heavy atom. The van der Waals surface area contributed by atoms with E-state index in [0.717, 1.165) is 34.0 Å². The summed E-state index contributed by atoms with van der Waals surface area (Å²) in [7, 11) is 0. The third-order valence-electron chi connectivity index (χ3n) is 4.15. The number of H-pyrrole nitrogens is 1. The molecule has 21 heavy (non-hydrogen) atoms. The van der Waals surface area contributed by atoms with Crippen LogP contribution in [0.15, 0.2) is 24.3 Å². The lowest BCUT2D eigenvalue weighted by Crippen LogP contribution is -2.25. The van der Waals surface area contributed by atoms with Crippen molar-refractivity contribution in [2.45, 2.75) is 32.7 Å². The van der Waals surface area contributed by atoms with Gasteiger partial charge in [-0.05, 0) is 37.8 Å². The summed E-state index contributed by atoms with van der Waals surface area (Å²) in [6.45, 7) is 4.43. The number of halogens is 1. The van der Waals surface area contributed by atoms with Gasteiger partial charge < -0.3 is 5.32 Å². The number of aromatic nitrogens is 2. The SMILES string of the molecule is Cc1n[nH]c(C)c1CNC(=O)[C@H]1C[C@H]1c1ccccc1Cl. The van der Waals surface area contributed by atoms with Gasteiger partial charge in [0.1, 0.15) is 0 Å². The van der Waals surface area contributed by atoms with E-state index in [4.69, 9.17) is 11.6 Å². The predicted molar refractivity (Wildman–Crippen MR) is 82.2 cm³/mol. The molecule has 2 aromatic rings. The van der Waals surface area contributed by atoms with E-state index >= 15 is 0 Å². The van der Waals surface area contributed by atoms with Gasteiger partial charge in [-0.15, -0.1) is 0 Å². The molecule has 5 heteroatoms. The maximum absolute atomic E-state index is 12.2. The van der Waals surface area contributed by atoms with E-state index < -0.39 is 0 Å². The van der Waals surface area contributed by atoms with Crippen LogP contribution in [-0.4, -0.2) is 16.1 Å². The average molecular weight is 304 g/mol.